The Morgan fingerprint density at radius 2 is 1.80 bits per heavy atom. The Morgan fingerprint density at radius 3 is 2.50 bits per heavy atom. The van der Waals surface area contributed by atoms with E-state index in [1.165, 1.54) is 23.4 Å². The largest absolute Gasteiger partial charge is 0.355 e. The van der Waals surface area contributed by atoms with Crippen LogP contribution in [0, 0.1) is 0 Å². The van der Waals surface area contributed by atoms with Crippen LogP contribution in [0.1, 0.15) is 10.4 Å². The van der Waals surface area contributed by atoms with Gasteiger partial charge in [0.15, 0.2) is 0 Å². The Kier molecular flexibility index (Phi) is 2.71. The minimum absolute atomic E-state index is 0.0119. The first kappa shape index (κ1) is 13.2. The average molecular weight is 311 g/mol. The molecular weight excluding hydrogens is 300 g/mol. The van der Waals surface area contributed by atoms with Crippen LogP contribution in [0.2, 0.25) is 5.02 Å². The summed E-state index contributed by atoms with van der Waals surface area (Å²) in [5, 5.41) is 0.313. The molecule has 2 aromatic rings. The first-order valence-corrected chi connectivity index (χ1v) is 7.67. The number of aromatic nitrogens is 1. The van der Waals surface area contributed by atoms with Crippen LogP contribution < -0.4 is 4.90 Å². The molecule has 104 valence electrons. The van der Waals surface area contributed by atoms with E-state index in [2.05, 4.69) is 0 Å². The van der Waals surface area contributed by atoms with Gasteiger partial charge in [-0.25, -0.2) is 8.42 Å². The number of carbonyl (C=O) groups excluding carboxylic acids is 1. The van der Waals surface area contributed by atoms with E-state index in [0.29, 0.717) is 10.7 Å². The van der Waals surface area contributed by atoms with Gasteiger partial charge in [-0.15, -0.1) is 0 Å². The summed E-state index contributed by atoms with van der Waals surface area (Å²) < 4.78 is 27.0. The number of aryl methyl sites for hydroxylation is 1. The van der Waals surface area contributed by atoms with Crippen LogP contribution in [0.5, 0.6) is 0 Å². The van der Waals surface area contributed by atoms with Crippen LogP contribution in [0.25, 0.3) is 0 Å². The molecule has 2 heterocycles. The molecule has 0 aliphatic carbocycles. The molecule has 0 saturated carbocycles. The van der Waals surface area contributed by atoms with Gasteiger partial charge in [0.2, 0.25) is 9.84 Å². The normalized spacial score (nSPS) is 16.6. The number of sulfone groups is 1. The zero-order valence-electron chi connectivity index (χ0n) is 10.8. The second-order valence-corrected chi connectivity index (χ2v) is 7.00. The van der Waals surface area contributed by atoms with Crippen molar-refractivity contribution in [3.63, 3.8) is 0 Å². The van der Waals surface area contributed by atoms with Gasteiger partial charge in [0.05, 0.1) is 16.1 Å². The van der Waals surface area contributed by atoms with E-state index < -0.39 is 9.84 Å². The Labute approximate surface area is 121 Å². The van der Waals surface area contributed by atoms with Crippen molar-refractivity contribution in [2.45, 2.75) is 9.79 Å². The molecule has 5 nitrogen and oxygen atoms in total. The topological polar surface area (TPSA) is 59.4 Å². The highest BCUT2D eigenvalue weighted by Crippen LogP contribution is 2.37. The molecule has 1 aliphatic heterocycles. The maximum Gasteiger partial charge on any atom is 0.260 e. The number of anilines is 1. The lowest BCUT2D eigenvalue weighted by Crippen LogP contribution is -2.25. The molecule has 20 heavy (non-hydrogen) atoms. The highest BCUT2D eigenvalue weighted by atomic mass is 35.5. The first-order chi connectivity index (χ1) is 9.32. The molecule has 0 bridgehead atoms. The average Bonchev–Trinajstić information content (AvgIpc) is 2.77. The third-order valence-electron chi connectivity index (χ3n) is 3.32. The summed E-state index contributed by atoms with van der Waals surface area (Å²) in [5.74, 6) is -0.356. The van der Waals surface area contributed by atoms with Crippen LogP contribution in [0.4, 0.5) is 5.69 Å². The predicted octanol–water partition coefficient (Wildman–Crippen LogP) is 2.10. The highest BCUT2D eigenvalue weighted by Gasteiger charge is 2.35. The highest BCUT2D eigenvalue weighted by molar-refractivity contribution is 7.91. The fourth-order valence-electron chi connectivity index (χ4n) is 2.32. The number of fused-ring (bicyclic) bond motifs is 2. The summed E-state index contributed by atoms with van der Waals surface area (Å²) in [5.41, 5.74) is 0.501. The third-order valence-corrected chi connectivity index (χ3v) is 5.36. The minimum atomic E-state index is -3.77. The van der Waals surface area contributed by atoms with E-state index in [0.717, 1.165) is 0 Å². The molecule has 1 amide bonds. The fraction of sp³-hybridized carbons (Fsp3) is 0.154. The van der Waals surface area contributed by atoms with Crippen LogP contribution in [0.15, 0.2) is 40.4 Å². The van der Waals surface area contributed by atoms with Gasteiger partial charge in [0, 0.05) is 31.5 Å². The van der Waals surface area contributed by atoms with E-state index in [9.17, 15) is 13.2 Å². The van der Waals surface area contributed by atoms with Crippen molar-refractivity contribution in [2.24, 2.45) is 7.05 Å². The Morgan fingerprint density at radius 1 is 1.10 bits per heavy atom. The van der Waals surface area contributed by atoms with E-state index in [4.69, 9.17) is 11.6 Å². The lowest BCUT2D eigenvalue weighted by molar-refractivity contribution is 0.0990. The molecule has 0 spiro atoms. The SMILES string of the molecule is CN1C(=O)c2cn(C)cc2S(=O)(=O)c2cc(Cl)ccc21. The van der Waals surface area contributed by atoms with Crippen LogP contribution in [-0.4, -0.2) is 25.9 Å². The second-order valence-electron chi connectivity index (χ2n) is 4.68. The van der Waals surface area contributed by atoms with Crippen LogP contribution in [0.3, 0.4) is 0 Å². The van der Waals surface area contributed by atoms with E-state index in [1.807, 2.05) is 0 Å². The van der Waals surface area contributed by atoms with E-state index >= 15 is 0 Å². The summed E-state index contributed by atoms with van der Waals surface area (Å²) in [4.78, 5) is 13.8. The smallest absolute Gasteiger partial charge is 0.260 e. The molecule has 1 aliphatic rings. The van der Waals surface area contributed by atoms with Gasteiger partial charge in [-0.1, -0.05) is 11.6 Å². The van der Waals surface area contributed by atoms with E-state index in [1.54, 1.807) is 30.8 Å². The Hall–Kier alpha value is -1.79. The molecule has 0 saturated heterocycles. The standard InChI is InChI=1S/C13H11ClN2O3S/c1-15-6-9-12(7-15)20(18,19)11-5-8(14)3-4-10(11)16(2)13(9)17/h3-7H,1-2H3. The molecule has 1 aromatic carbocycles. The number of carbonyl (C=O) groups is 1. The number of hydrogen-bond acceptors (Lipinski definition) is 3. The summed E-state index contributed by atoms with van der Waals surface area (Å²) in [6.07, 6.45) is 2.95. The molecule has 7 heteroatoms. The van der Waals surface area contributed by atoms with Crippen molar-refractivity contribution in [2.75, 3.05) is 11.9 Å². The molecule has 0 atom stereocenters. The zero-order chi connectivity index (χ0) is 14.7. The molecule has 0 radical (unpaired) electrons. The van der Waals surface area contributed by atoms with Gasteiger partial charge in [-0.3, -0.25) is 4.79 Å². The van der Waals surface area contributed by atoms with Gasteiger partial charge in [0.25, 0.3) is 5.91 Å². The molecule has 0 unspecified atom stereocenters. The van der Waals surface area contributed by atoms with Crippen molar-refractivity contribution in [3.05, 3.63) is 41.2 Å². The summed E-state index contributed by atoms with van der Waals surface area (Å²) in [6, 6.07) is 4.48. The van der Waals surface area contributed by atoms with Crippen molar-refractivity contribution in [1.29, 1.82) is 0 Å². The summed E-state index contributed by atoms with van der Waals surface area (Å²) >= 11 is 5.90. The lowest BCUT2D eigenvalue weighted by atomic mass is 10.2. The van der Waals surface area contributed by atoms with Crippen molar-refractivity contribution in [1.82, 2.24) is 4.57 Å². The monoisotopic (exact) mass is 310 g/mol. The number of amides is 1. The van der Waals surface area contributed by atoms with Gasteiger partial charge in [-0.2, -0.15) is 0 Å². The fourth-order valence-corrected chi connectivity index (χ4v) is 4.29. The van der Waals surface area contributed by atoms with Gasteiger partial charge >= 0.3 is 0 Å². The molecular formula is C13H11ClN2O3S. The Bertz CT molecular complexity index is 839. The number of rotatable bonds is 0. The summed E-state index contributed by atoms with van der Waals surface area (Å²) in [6.45, 7) is 0. The maximum atomic E-state index is 12.7. The minimum Gasteiger partial charge on any atom is -0.355 e. The molecule has 3 rings (SSSR count). The molecule has 0 fully saturated rings. The summed E-state index contributed by atoms with van der Waals surface area (Å²) in [7, 11) is -0.548. The zero-order valence-corrected chi connectivity index (χ0v) is 12.4. The van der Waals surface area contributed by atoms with Gasteiger partial charge < -0.3 is 9.47 Å². The second kappa shape index (κ2) is 4.10. The number of benzene rings is 1. The van der Waals surface area contributed by atoms with E-state index in [-0.39, 0.29) is 21.3 Å². The van der Waals surface area contributed by atoms with Crippen LogP contribution in [-0.2, 0) is 16.9 Å². The third kappa shape index (κ3) is 1.68. The number of halogens is 1. The van der Waals surface area contributed by atoms with Crippen molar-refractivity contribution >= 4 is 33.0 Å². The van der Waals surface area contributed by atoms with Gasteiger partial charge in [0.1, 0.15) is 4.90 Å². The van der Waals surface area contributed by atoms with Gasteiger partial charge in [-0.05, 0) is 18.2 Å². The molecule has 0 N–H and O–H groups in total. The quantitative estimate of drug-likeness (QED) is 0.748. The Balaban J connectivity index is 2.45. The number of hydrogen-bond donors (Lipinski definition) is 0. The first-order valence-electron chi connectivity index (χ1n) is 5.81. The van der Waals surface area contributed by atoms with Crippen molar-refractivity contribution in [3.8, 4) is 0 Å². The van der Waals surface area contributed by atoms with Crippen molar-refractivity contribution < 1.29 is 13.2 Å². The molecule has 1 aromatic heterocycles. The predicted molar refractivity (Wildman–Crippen MR) is 75.1 cm³/mol. The van der Waals surface area contributed by atoms with Crippen LogP contribution >= 0.6 is 11.6 Å². The lowest BCUT2D eigenvalue weighted by Gasteiger charge is -2.17. The number of nitrogens with zero attached hydrogens (tertiary/aromatic N) is 2. The maximum absolute atomic E-state index is 12.7.